The van der Waals surface area contributed by atoms with Gasteiger partial charge in [-0.3, -0.25) is 9.59 Å². The van der Waals surface area contributed by atoms with Crippen molar-refractivity contribution < 1.29 is 9.59 Å². The van der Waals surface area contributed by atoms with Crippen molar-refractivity contribution in [3.63, 3.8) is 0 Å². The molecule has 4 N–H and O–H groups in total. The van der Waals surface area contributed by atoms with Gasteiger partial charge in [0.25, 0.3) is 0 Å². The summed E-state index contributed by atoms with van der Waals surface area (Å²) >= 11 is 0. The monoisotopic (exact) mass is 339 g/mol. The first-order valence-electron chi connectivity index (χ1n) is 8.30. The normalized spacial score (nSPS) is 11.0. The Labute approximate surface area is 148 Å². The average Bonchev–Trinajstić information content (AvgIpc) is 2.53. The standard InChI is InChI=1S/C20H25N3O2/c1-20(2,23-19(25)12-18(21)24)13-15-8-10-17(11-9-15)22-14-16-6-4-3-5-7-16/h3-11,22H,12-14H2,1-2H3,(H2,21,24)(H,23,25). The number of rotatable bonds is 8. The van der Waals surface area contributed by atoms with Crippen LogP contribution in [-0.4, -0.2) is 17.4 Å². The van der Waals surface area contributed by atoms with Gasteiger partial charge < -0.3 is 16.4 Å². The summed E-state index contributed by atoms with van der Waals surface area (Å²) in [4.78, 5) is 22.5. The molecule has 0 aliphatic carbocycles. The Morgan fingerprint density at radius 1 is 0.960 bits per heavy atom. The van der Waals surface area contributed by atoms with Crippen molar-refractivity contribution >= 4 is 17.5 Å². The maximum Gasteiger partial charge on any atom is 0.229 e. The van der Waals surface area contributed by atoms with E-state index in [0.29, 0.717) is 6.42 Å². The molecule has 0 aromatic heterocycles. The lowest BCUT2D eigenvalue weighted by molar-refractivity contribution is -0.128. The van der Waals surface area contributed by atoms with Gasteiger partial charge in [-0.25, -0.2) is 0 Å². The van der Waals surface area contributed by atoms with Crippen molar-refractivity contribution in [2.24, 2.45) is 5.73 Å². The second-order valence-electron chi connectivity index (χ2n) is 6.79. The molecule has 0 fully saturated rings. The maximum atomic E-state index is 11.7. The smallest absolute Gasteiger partial charge is 0.229 e. The predicted octanol–water partition coefficient (Wildman–Crippen LogP) is 2.61. The van der Waals surface area contributed by atoms with Crippen LogP contribution in [0.25, 0.3) is 0 Å². The van der Waals surface area contributed by atoms with Gasteiger partial charge in [0.2, 0.25) is 11.8 Å². The second-order valence-corrected chi connectivity index (χ2v) is 6.79. The van der Waals surface area contributed by atoms with Crippen LogP contribution in [0.2, 0.25) is 0 Å². The first kappa shape index (κ1) is 18.5. The van der Waals surface area contributed by atoms with Crippen molar-refractivity contribution in [3.8, 4) is 0 Å². The molecular weight excluding hydrogens is 314 g/mol. The number of nitrogens with two attached hydrogens (primary N) is 1. The van der Waals surface area contributed by atoms with Crippen LogP contribution in [0.3, 0.4) is 0 Å². The van der Waals surface area contributed by atoms with E-state index in [-0.39, 0.29) is 12.3 Å². The van der Waals surface area contributed by atoms with Gasteiger partial charge in [0.15, 0.2) is 0 Å². The van der Waals surface area contributed by atoms with E-state index in [4.69, 9.17) is 5.73 Å². The van der Waals surface area contributed by atoms with Crippen LogP contribution in [0, 0.1) is 0 Å². The lowest BCUT2D eigenvalue weighted by Gasteiger charge is -2.26. The molecule has 5 heteroatoms. The summed E-state index contributed by atoms with van der Waals surface area (Å²) < 4.78 is 0. The Kier molecular flexibility index (Phi) is 6.17. The van der Waals surface area contributed by atoms with Crippen molar-refractivity contribution in [1.29, 1.82) is 0 Å². The molecular formula is C20H25N3O2. The van der Waals surface area contributed by atoms with Crippen molar-refractivity contribution in [2.75, 3.05) is 5.32 Å². The lowest BCUT2D eigenvalue weighted by Crippen LogP contribution is -2.46. The largest absolute Gasteiger partial charge is 0.381 e. The van der Waals surface area contributed by atoms with E-state index >= 15 is 0 Å². The molecule has 2 aromatic rings. The molecule has 2 rings (SSSR count). The van der Waals surface area contributed by atoms with Crippen molar-refractivity contribution in [1.82, 2.24) is 5.32 Å². The number of hydrogen-bond acceptors (Lipinski definition) is 3. The second kappa shape index (κ2) is 8.33. The molecule has 0 heterocycles. The summed E-state index contributed by atoms with van der Waals surface area (Å²) in [7, 11) is 0. The van der Waals surface area contributed by atoms with Crippen LogP contribution in [0.5, 0.6) is 0 Å². The fourth-order valence-corrected chi connectivity index (χ4v) is 2.67. The van der Waals surface area contributed by atoms with E-state index in [2.05, 4.69) is 22.8 Å². The molecule has 0 atom stereocenters. The third-order valence-corrected chi connectivity index (χ3v) is 3.75. The molecule has 5 nitrogen and oxygen atoms in total. The average molecular weight is 339 g/mol. The van der Waals surface area contributed by atoms with Crippen LogP contribution >= 0.6 is 0 Å². The third kappa shape index (κ3) is 6.67. The number of carbonyl (C=O) groups is 2. The van der Waals surface area contributed by atoms with Crippen LogP contribution in [0.1, 0.15) is 31.4 Å². The minimum atomic E-state index is -0.623. The van der Waals surface area contributed by atoms with Gasteiger partial charge in [-0.05, 0) is 43.5 Å². The fourth-order valence-electron chi connectivity index (χ4n) is 2.67. The topological polar surface area (TPSA) is 84.2 Å². The predicted molar refractivity (Wildman–Crippen MR) is 99.9 cm³/mol. The van der Waals surface area contributed by atoms with E-state index in [1.165, 1.54) is 5.56 Å². The van der Waals surface area contributed by atoms with E-state index in [1.807, 2.05) is 56.3 Å². The molecule has 0 unspecified atom stereocenters. The Balaban J connectivity index is 1.88. The third-order valence-electron chi connectivity index (χ3n) is 3.75. The number of anilines is 1. The van der Waals surface area contributed by atoms with Gasteiger partial charge in [0, 0.05) is 17.8 Å². The molecule has 2 aromatic carbocycles. The molecule has 0 saturated carbocycles. The Morgan fingerprint density at radius 2 is 1.60 bits per heavy atom. The molecule has 0 radical (unpaired) electrons. The zero-order chi connectivity index (χ0) is 18.3. The van der Waals surface area contributed by atoms with Crippen molar-refractivity contribution in [2.45, 2.75) is 38.8 Å². The van der Waals surface area contributed by atoms with Gasteiger partial charge >= 0.3 is 0 Å². The molecule has 0 bridgehead atoms. The zero-order valence-corrected chi connectivity index (χ0v) is 14.7. The van der Waals surface area contributed by atoms with E-state index in [1.54, 1.807) is 0 Å². The molecule has 0 spiro atoms. The highest BCUT2D eigenvalue weighted by molar-refractivity contribution is 5.96. The first-order chi connectivity index (χ1) is 11.8. The summed E-state index contributed by atoms with van der Waals surface area (Å²) in [5.74, 6) is -0.971. The Hall–Kier alpha value is -2.82. The summed E-state index contributed by atoms with van der Waals surface area (Å²) in [5.41, 5.74) is 7.97. The van der Waals surface area contributed by atoms with Gasteiger partial charge in [-0.15, -0.1) is 0 Å². The van der Waals surface area contributed by atoms with E-state index < -0.39 is 11.4 Å². The van der Waals surface area contributed by atoms with E-state index in [9.17, 15) is 9.59 Å². The van der Waals surface area contributed by atoms with Crippen LogP contribution in [0.15, 0.2) is 54.6 Å². The maximum absolute atomic E-state index is 11.7. The minimum absolute atomic E-state index is 0.286. The first-order valence-corrected chi connectivity index (χ1v) is 8.30. The molecule has 25 heavy (non-hydrogen) atoms. The van der Waals surface area contributed by atoms with Crippen LogP contribution in [0.4, 0.5) is 5.69 Å². The van der Waals surface area contributed by atoms with Gasteiger partial charge in [-0.2, -0.15) is 0 Å². The number of hydrogen-bond donors (Lipinski definition) is 3. The highest BCUT2D eigenvalue weighted by atomic mass is 16.2. The molecule has 0 aliphatic heterocycles. The summed E-state index contributed by atoms with van der Waals surface area (Å²) in [6.45, 7) is 4.62. The van der Waals surface area contributed by atoms with Gasteiger partial charge in [0.05, 0.1) is 0 Å². The number of carbonyl (C=O) groups excluding carboxylic acids is 2. The minimum Gasteiger partial charge on any atom is -0.381 e. The highest BCUT2D eigenvalue weighted by Gasteiger charge is 2.21. The number of benzene rings is 2. The summed E-state index contributed by atoms with van der Waals surface area (Å²) in [5, 5.41) is 6.23. The Morgan fingerprint density at radius 3 is 2.20 bits per heavy atom. The zero-order valence-electron chi connectivity index (χ0n) is 14.7. The summed E-state index contributed by atoms with van der Waals surface area (Å²) in [6, 6.07) is 18.3. The molecule has 132 valence electrons. The van der Waals surface area contributed by atoms with Gasteiger partial charge in [-0.1, -0.05) is 42.5 Å². The van der Waals surface area contributed by atoms with Crippen molar-refractivity contribution in [3.05, 3.63) is 65.7 Å². The molecule has 2 amide bonds. The molecule has 0 saturated heterocycles. The lowest BCUT2D eigenvalue weighted by atomic mass is 9.94. The van der Waals surface area contributed by atoms with Crippen LogP contribution in [-0.2, 0) is 22.6 Å². The number of amides is 2. The highest BCUT2D eigenvalue weighted by Crippen LogP contribution is 2.16. The number of nitrogens with one attached hydrogen (secondary N) is 2. The fraction of sp³-hybridized carbons (Fsp3) is 0.300. The number of primary amides is 1. The van der Waals surface area contributed by atoms with Gasteiger partial charge in [0.1, 0.15) is 6.42 Å². The Bertz CT molecular complexity index is 709. The van der Waals surface area contributed by atoms with Crippen LogP contribution < -0.4 is 16.4 Å². The SMILES string of the molecule is CC(C)(Cc1ccc(NCc2ccccc2)cc1)NC(=O)CC(N)=O. The summed E-state index contributed by atoms with van der Waals surface area (Å²) in [6.07, 6.45) is 0.377. The molecule has 0 aliphatic rings. The van der Waals surface area contributed by atoms with E-state index in [0.717, 1.165) is 17.8 Å². The quantitative estimate of drug-likeness (QED) is 0.646.